The predicted octanol–water partition coefficient (Wildman–Crippen LogP) is 1.41. The fourth-order valence-corrected chi connectivity index (χ4v) is 1.94. The first-order valence-electron chi connectivity index (χ1n) is 6.76. The molecule has 1 aliphatic rings. The molecule has 0 spiro atoms. The van der Waals surface area contributed by atoms with E-state index in [0.29, 0.717) is 13.2 Å². The number of ether oxygens (including phenoxy) is 2. The number of hydrogen-bond acceptors (Lipinski definition) is 4. The molecule has 0 bridgehead atoms. The lowest BCUT2D eigenvalue weighted by Crippen LogP contribution is -2.29. The average molecular weight is 257 g/mol. The Bertz CT molecular complexity index is 262. The quantitative estimate of drug-likeness (QED) is 0.700. The predicted molar refractivity (Wildman–Crippen MR) is 67.1 cm³/mol. The molecule has 1 saturated heterocycles. The van der Waals surface area contributed by atoms with E-state index in [1.54, 1.807) is 6.92 Å². The van der Waals surface area contributed by atoms with Crippen LogP contribution in [-0.2, 0) is 19.1 Å². The van der Waals surface area contributed by atoms with Gasteiger partial charge in [-0.15, -0.1) is 0 Å². The van der Waals surface area contributed by atoms with E-state index in [1.165, 1.54) is 6.42 Å². The maximum absolute atomic E-state index is 11.4. The molecule has 0 aromatic heterocycles. The summed E-state index contributed by atoms with van der Waals surface area (Å²) in [7, 11) is 0. The van der Waals surface area contributed by atoms with E-state index in [1.807, 2.05) is 0 Å². The summed E-state index contributed by atoms with van der Waals surface area (Å²) >= 11 is 0. The van der Waals surface area contributed by atoms with Gasteiger partial charge < -0.3 is 14.8 Å². The van der Waals surface area contributed by atoms with Crippen molar-refractivity contribution in [3.05, 3.63) is 0 Å². The normalized spacial score (nSPS) is 19.3. The molecule has 5 heteroatoms. The Morgan fingerprint density at radius 3 is 2.83 bits per heavy atom. The van der Waals surface area contributed by atoms with Crippen LogP contribution in [-0.4, -0.2) is 37.7 Å². The first-order valence-corrected chi connectivity index (χ1v) is 6.76. The van der Waals surface area contributed by atoms with Crippen molar-refractivity contribution in [2.24, 2.45) is 0 Å². The second kappa shape index (κ2) is 8.91. The number of nitrogens with one attached hydrogen (secondary N) is 1. The topological polar surface area (TPSA) is 64.6 Å². The lowest BCUT2D eigenvalue weighted by molar-refractivity contribution is -0.144. The molecule has 1 heterocycles. The van der Waals surface area contributed by atoms with E-state index in [0.717, 1.165) is 25.9 Å². The highest BCUT2D eigenvalue weighted by Gasteiger charge is 2.14. The Kier molecular flexibility index (Phi) is 7.41. The van der Waals surface area contributed by atoms with Crippen LogP contribution >= 0.6 is 0 Å². The minimum atomic E-state index is -0.316. The molecule has 18 heavy (non-hydrogen) atoms. The summed E-state index contributed by atoms with van der Waals surface area (Å²) in [5.41, 5.74) is 0. The minimum Gasteiger partial charge on any atom is -0.466 e. The number of rotatable bonds is 7. The fraction of sp³-hybridized carbons (Fsp3) is 0.846. The number of carbonyl (C=O) groups excluding carboxylic acids is 2. The molecule has 1 atom stereocenters. The SMILES string of the molecule is CCOC(=O)CCC(=O)NCCC1CCCCO1. The smallest absolute Gasteiger partial charge is 0.306 e. The third-order valence-corrected chi connectivity index (χ3v) is 2.92. The van der Waals surface area contributed by atoms with Gasteiger partial charge in [0, 0.05) is 19.6 Å². The van der Waals surface area contributed by atoms with Gasteiger partial charge in [-0.05, 0) is 32.6 Å². The monoisotopic (exact) mass is 257 g/mol. The van der Waals surface area contributed by atoms with Crippen molar-refractivity contribution in [2.45, 2.75) is 51.6 Å². The Morgan fingerprint density at radius 2 is 2.17 bits per heavy atom. The van der Waals surface area contributed by atoms with Gasteiger partial charge in [-0.1, -0.05) is 0 Å². The highest BCUT2D eigenvalue weighted by Crippen LogP contribution is 2.14. The van der Waals surface area contributed by atoms with Crippen LogP contribution in [0.3, 0.4) is 0 Å². The summed E-state index contributed by atoms with van der Waals surface area (Å²) < 4.78 is 10.3. The first kappa shape index (κ1) is 15.0. The van der Waals surface area contributed by atoms with Gasteiger partial charge in [0.05, 0.1) is 19.1 Å². The van der Waals surface area contributed by atoms with E-state index in [-0.39, 0.29) is 30.8 Å². The molecule has 0 aromatic rings. The fourth-order valence-electron chi connectivity index (χ4n) is 1.94. The summed E-state index contributed by atoms with van der Waals surface area (Å²) in [4.78, 5) is 22.5. The van der Waals surface area contributed by atoms with Crippen LogP contribution in [0.4, 0.5) is 0 Å². The molecule has 1 N–H and O–H groups in total. The van der Waals surface area contributed by atoms with Crippen LogP contribution in [0, 0.1) is 0 Å². The molecular formula is C13H23NO4. The van der Waals surface area contributed by atoms with Gasteiger partial charge in [0.1, 0.15) is 0 Å². The molecule has 0 saturated carbocycles. The third kappa shape index (κ3) is 6.59. The molecule has 1 amide bonds. The largest absolute Gasteiger partial charge is 0.466 e. The lowest BCUT2D eigenvalue weighted by atomic mass is 10.1. The van der Waals surface area contributed by atoms with E-state index in [2.05, 4.69) is 5.32 Å². The van der Waals surface area contributed by atoms with E-state index >= 15 is 0 Å². The zero-order chi connectivity index (χ0) is 13.2. The van der Waals surface area contributed by atoms with Crippen molar-refractivity contribution in [1.82, 2.24) is 5.32 Å². The van der Waals surface area contributed by atoms with Crippen molar-refractivity contribution < 1.29 is 19.1 Å². The van der Waals surface area contributed by atoms with Crippen molar-refractivity contribution in [1.29, 1.82) is 0 Å². The summed E-state index contributed by atoms with van der Waals surface area (Å²) in [5.74, 6) is -0.415. The number of amides is 1. The van der Waals surface area contributed by atoms with Crippen molar-refractivity contribution in [2.75, 3.05) is 19.8 Å². The molecule has 0 aliphatic carbocycles. The molecule has 104 valence electrons. The molecule has 0 aromatic carbocycles. The maximum Gasteiger partial charge on any atom is 0.306 e. The van der Waals surface area contributed by atoms with Gasteiger partial charge in [0.2, 0.25) is 5.91 Å². The van der Waals surface area contributed by atoms with E-state index < -0.39 is 0 Å². The molecule has 1 rings (SSSR count). The molecule has 0 radical (unpaired) electrons. The Balaban J connectivity index is 2.00. The number of hydrogen-bond donors (Lipinski definition) is 1. The van der Waals surface area contributed by atoms with Crippen LogP contribution in [0.15, 0.2) is 0 Å². The van der Waals surface area contributed by atoms with Crippen LogP contribution < -0.4 is 5.32 Å². The maximum atomic E-state index is 11.4. The van der Waals surface area contributed by atoms with Crippen molar-refractivity contribution in [3.8, 4) is 0 Å². The van der Waals surface area contributed by atoms with Gasteiger partial charge in [0.15, 0.2) is 0 Å². The lowest BCUT2D eigenvalue weighted by Gasteiger charge is -2.22. The van der Waals surface area contributed by atoms with Gasteiger partial charge >= 0.3 is 5.97 Å². The van der Waals surface area contributed by atoms with Gasteiger partial charge in [-0.2, -0.15) is 0 Å². The zero-order valence-electron chi connectivity index (χ0n) is 11.1. The highest BCUT2D eigenvalue weighted by molar-refractivity contribution is 5.81. The molecule has 1 fully saturated rings. The number of carbonyl (C=O) groups is 2. The second-order valence-corrected chi connectivity index (χ2v) is 4.43. The summed E-state index contributed by atoms with van der Waals surface area (Å²) in [5, 5.41) is 2.80. The second-order valence-electron chi connectivity index (χ2n) is 4.43. The number of esters is 1. The van der Waals surface area contributed by atoms with Crippen molar-refractivity contribution >= 4 is 11.9 Å². The first-order chi connectivity index (χ1) is 8.72. The van der Waals surface area contributed by atoms with E-state index in [9.17, 15) is 9.59 Å². The van der Waals surface area contributed by atoms with Crippen LogP contribution in [0.2, 0.25) is 0 Å². The summed E-state index contributed by atoms with van der Waals surface area (Å²) in [6, 6.07) is 0. The minimum absolute atomic E-state index is 0.0983. The Morgan fingerprint density at radius 1 is 1.33 bits per heavy atom. The summed E-state index contributed by atoms with van der Waals surface area (Å²) in [6.45, 7) is 3.56. The Hall–Kier alpha value is -1.10. The van der Waals surface area contributed by atoms with Crippen LogP contribution in [0.5, 0.6) is 0 Å². The zero-order valence-corrected chi connectivity index (χ0v) is 11.1. The standard InChI is InChI=1S/C13H23NO4/c1-2-17-13(16)7-6-12(15)14-9-8-11-5-3-4-10-18-11/h11H,2-10H2,1H3,(H,14,15). The highest BCUT2D eigenvalue weighted by atomic mass is 16.5. The Labute approximate surface area is 108 Å². The molecule has 1 aliphatic heterocycles. The molecule has 5 nitrogen and oxygen atoms in total. The summed E-state index contributed by atoms with van der Waals surface area (Å²) in [6.07, 6.45) is 4.92. The van der Waals surface area contributed by atoms with Gasteiger partial charge in [0.25, 0.3) is 0 Å². The van der Waals surface area contributed by atoms with E-state index in [4.69, 9.17) is 9.47 Å². The van der Waals surface area contributed by atoms with Gasteiger partial charge in [-0.25, -0.2) is 0 Å². The van der Waals surface area contributed by atoms with Gasteiger partial charge in [-0.3, -0.25) is 9.59 Å². The van der Waals surface area contributed by atoms with Crippen molar-refractivity contribution in [3.63, 3.8) is 0 Å². The third-order valence-electron chi connectivity index (χ3n) is 2.92. The molecular weight excluding hydrogens is 234 g/mol. The molecule has 1 unspecified atom stereocenters. The van der Waals surface area contributed by atoms with Crippen LogP contribution in [0.1, 0.15) is 45.4 Å². The van der Waals surface area contributed by atoms with Crippen LogP contribution in [0.25, 0.3) is 0 Å². The average Bonchev–Trinajstić information content (AvgIpc) is 2.38.